The minimum atomic E-state index is -0.359. The van der Waals surface area contributed by atoms with E-state index in [1.807, 2.05) is 6.92 Å². The fraction of sp³-hybridized carbons (Fsp3) is 0.462. The lowest BCUT2D eigenvalue weighted by molar-refractivity contribution is -0.136. The molecular formula is C13H16ClFN2O. The van der Waals surface area contributed by atoms with Gasteiger partial charge >= 0.3 is 0 Å². The lowest BCUT2D eigenvalue weighted by atomic mass is 10.1. The molecule has 0 aromatic heterocycles. The Labute approximate surface area is 111 Å². The largest absolute Gasteiger partial charge is 0.336 e. The number of hydrogen-bond acceptors (Lipinski definition) is 2. The van der Waals surface area contributed by atoms with Gasteiger partial charge in [0.15, 0.2) is 0 Å². The van der Waals surface area contributed by atoms with Gasteiger partial charge in [0, 0.05) is 30.2 Å². The third-order valence-electron chi connectivity index (χ3n) is 3.17. The molecule has 1 atom stereocenters. The molecule has 1 aromatic rings. The zero-order valence-corrected chi connectivity index (χ0v) is 11.0. The van der Waals surface area contributed by atoms with Gasteiger partial charge in [0.05, 0.1) is 6.04 Å². The number of benzene rings is 1. The molecule has 3 nitrogen and oxygen atoms in total. The van der Waals surface area contributed by atoms with E-state index in [1.54, 1.807) is 17.0 Å². The van der Waals surface area contributed by atoms with Crippen molar-refractivity contribution in [3.05, 3.63) is 34.6 Å². The molecule has 0 aliphatic carbocycles. The Morgan fingerprint density at radius 3 is 3.00 bits per heavy atom. The SMILES string of the molecule is CCC1NCCN(Cc2ccc(Cl)cc2F)C1=O. The summed E-state index contributed by atoms with van der Waals surface area (Å²) in [6.07, 6.45) is 0.748. The number of halogens is 2. The molecule has 1 amide bonds. The zero-order valence-electron chi connectivity index (χ0n) is 10.2. The van der Waals surface area contributed by atoms with Crippen LogP contribution in [-0.4, -0.2) is 29.9 Å². The van der Waals surface area contributed by atoms with Crippen LogP contribution in [0.3, 0.4) is 0 Å². The van der Waals surface area contributed by atoms with Gasteiger partial charge in [-0.2, -0.15) is 0 Å². The van der Waals surface area contributed by atoms with Gasteiger partial charge in [-0.05, 0) is 18.6 Å². The fourth-order valence-electron chi connectivity index (χ4n) is 2.12. The molecule has 1 heterocycles. The Hall–Kier alpha value is -1.13. The number of piperazine rings is 1. The van der Waals surface area contributed by atoms with Crippen LogP contribution >= 0.6 is 11.6 Å². The van der Waals surface area contributed by atoms with Crippen LogP contribution in [0.2, 0.25) is 5.02 Å². The minimum Gasteiger partial charge on any atom is -0.336 e. The second-order valence-corrected chi connectivity index (χ2v) is 4.85. The standard InChI is InChI=1S/C13H16ClFN2O/c1-2-12-13(18)17(6-5-16-12)8-9-3-4-10(14)7-11(9)15/h3-4,7,12,16H,2,5-6,8H2,1H3. The molecule has 5 heteroatoms. The Balaban J connectivity index is 2.10. The van der Waals surface area contributed by atoms with E-state index in [0.717, 1.165) is 13.0 Å². The summed E-state index contributed by atoms with van der Waals surface area (Å²) in [5.41, 5.74) is 0.504. The zero-order chi connectivity index (χ0) is 13.1. The summed E-state index contributed by atoms with van der Waals surface area (Å²) in [6.45, 7) is 3.62. The molecule has 0 spiro atoms. The van der Waals surface area contributed by atoms with Crippen molar-refractivity contribution in [3.8, 4) is 0 Å². The van der Waals surface area contributed by atoms with Gasteiger partial charge in [-0.15, -0.1) is 0 Å². The van der Waals surface area contributed by atoms with Crippen molar-refractivity contribution in [1.82, 2.24) is 10.2 Å². The number of carbonyl (C=O) groups excluding carboxylic acids is 1. The van der Waals surface area contributed by atoms with E-state index in [-0.39, 0.29) is 17.8 Å². The predicted octanol–water partition coefficient (Wildman–Crippen LogP) is 2.19. The van der Waals surface area contributed by atoms with Gasteiger partial charge in [-0.25, -0.2) is 4.39 Å². The molecule has 1 aliphatic rings. The van der Waals surface area contributed by atoms with Crippen molar-refractivity contribution in [2.75, 3.05) is 13.1 Å². The molecule has 0 saturated carbocycles. The lowest BCUT2D eigenvalue weighted by Crippen LogP contribution is -2.54. The van der Waals surface area contributed by atoms with Crippen LogP contribution in [0.25, 0.3) is 0 Å². The van der Waals surface area contributed by atoms with E-state index in [1.165, 1.54) is 6.07 Å². The average Bonchev–Trinajstić information content (AvgIpc) is 2.35. The van der Waals surface area contributed by atoms with E-state index in [0.29, 0.717) is 23.7 Å². The minimum absolute atomic E-state index is 0.0399. The Morgan fingerprint density at radius 1 is 1.56 bits per heavy atom. The summed E-state index contributed by atoms with van der Waals surface area (Å²) in [5, 5.41) is 3.52. The van der Waals surface area contributed by atoms with Crippen molar-refractivity contribution in [1.29, 1.82) is 0 Å². The van der Waals surface area contributed by atoms with Crippen LogP contribution in [0, 0.1) is 5.82 Å². The van der Waals surface area contributed by atoms with Crippen molar-refractivity contribution in [2.45, 2.75) is 25.9 Å². The number of nitrogens with one attached hydrogen (secondary N) is 1. The smallest absolute Gasteiger partial charge is 0.240 e. The second kappa shape index (κ2) is 5.67. The quantitative estimate of drug-likeness (QED) is 0.913. The first-order valence-corrected chi connectivity index (χ1v) is 6.45. The Morgan fingerprint density at radius 2 is 2.33 bits per heavy atom. The molecule has 1 N–H and O–H groups in total. The van der Waals surface area contributed by atoms with Crippen LogP contribution in [0.15, 0.2) is 18.2 Å². The first-order valence-electron chi connectivity index (χ1n) is 6.08. The summed E-state index contributed by atoms with van der Waals surface area (Å²) in [5.74, 6) is -0.319. The number of amides is 1. The van der Waals surface area contributed by atoms with Crippen molar-refractivity contribution >= 4 is 17.5 Å². The highest BCUT2D eigenvalue weighted by Crippen LogP contribution is 2.17. The van der Waals surface area contributed by atoms with Gasteiger partial charge in [0.2, 0.25) is 5.91 Å². The molecule has 18 heavy (non-hydrogen) atoms. The molecule has 2 rings (SSSR count). The highest BCUT2D eigenvalue weighted by atomic mass is 35.5. The highest BCUT2D eigenvalue weighted by Gasteiger charge is 2.27. The Kier molecular flexibility index (Phi) is 4.19. The van der Waals surface area contributed by atoms with E-state index in [9.17, 15) is 9.18 Å². The maximum atomic E-state index is 13.7. The molecule has 98 valence electrons. The van der Waals surface area contributed by atoms with E-state index >= 15 is 0 Å². The van der Waals surface area contributed by atoms with Crippen molar-refractivity contribution in [2.24, 2.45) is 0 Å². The first kappa shape index (κ1) is 13.3. The molecule has 1 aliphatic heterocycles. The van der Waals surface area contributed by atoms with Gasteiger partial charge < -0.3 is 10.2 Å². The molecule has 1 unspecified atom stereocenters. The number of hydrogen-bond donors (Lipinski definition) is 1. The fourth-order valence-corrected chi connectivity index (χ4v) is 2.28. The van der Waals surface area contributed by atoms with E-state index in [4.69, 9.17) is 11.6 Å². The van der Waals surface area contributed by atoms with Gasteiger partial charge in [-0.3, -0.25) is 4.79 Å². The van der Waals surface area contributed by atoms with Crippen LogP contribution in [0.5, 0.6) is 0 Å². The number of carbonyl (C=O) groups is 1. The highest BCUT2D eigenvalue weighted by molar-refractivity contribution is 6.30. The average molecular weight is 271 g/mol. The van der Waals surface area contributed by atoms with E-state index in [2.05, 4.69) is 5.32 Å². The van der Waals surface area contributed by atoms with Crippen LogP contribution in [0.4, 0.5) is 4.39 Å². The summed E-state index contributed by atoms with van der Waals surface area (Å²) in [6, 6.07) is 4.41. The normalized spacial score (nSPS) is 20.3. The summed E-state index contributed by atoms with van der Waals surface area (Å²) < 4.78 is 13.7. The predicted molar refractivity (Wildman–Crippen MR) is 68.9 cm³/mol. The van der Waals surface area contributed by atoms with Crippen molar-refractivity contribution < 1.29 is 9.18 Å². The van der Waals surface area contributed by atoms with Gasteiger partial charge in [0.1, 0.15) is 5.82 Å². The van der Waals surface area contributed by atoms with Crippen LogP contribution in [0.1, 0.15) is 18.9 Å². The first-order chi connectivity index (χ1) is 8.61. The third kappa shape index (κ3) is 2.82. The van der Waals surface area contributed by atoms with Crippen LogP contribution in [-0.2, 0) is 11.3 Å². The van der Waals surface area contributed by atoms with Gasteiger partial charge in [0.25, 0.3) is 0 Å². The van der Waals surface area contributed by atoms with Crippen LogP contribution < -0.4 is 5.32 Å². The summed E-state index contributed by atoms with van der Waals surface area (Å²) in [7, 11) is 0. The molecule has 0 bridgehead atoms. The molecule has 1 aromatic carbocycles. The van der Waals surface area contributed by atoms with Gasteiger partial charge in [-0.1, -0.05) is 24.6 Å². The molecule has 0 radical (unpaired) electrons. The van der Waals surface area contributed by atoms with E-state index < -0.39 is 0 Å². The number of nitrogens with zero attached hydrogens (tertiary/aromatic N) is 1. The third-order valence-corrected chi connectivity index (χ3v) is 3.40. The molecule has 1 fully saturated rings. The lowest BCUT2D eigenvalue weighted by Gasteiger charge is -2.32. The Bertz CT molecular complexity index is 453. The topological polar surface area (TPSA) is 32.3 Å². The molecular weight excluding hydrogens is 255 g/mol. The summed E-state index contributed by atoms with van der Waals surface area (Å²) in [4.78, 5) is 13.7. The maximum Gasteiger partial charge on any atom is 0.240 e. The summed E-state index contributed by atoms with van der Waals surface area (Å²) >= 11 is 5.70. The monoisotopic (exact) mass is 270 g/mol. The second-order valence-electron chi connectivity index (χ2n) is 4.41. The molecule has 1 saturated heterocycles. The number of rotatable bonds is 3. The maximum absolute atomic E-state index is 13.7. The van der Waals surface area contributed by atoms with Crippen molar-refractivity contribution in [3.63, 3.8) is 0 Å².